The quantitative estimate of drug-likeness (QED) is 0.227. The number of urea groups is 1. The molecule has 7 nitrogen and oxygen atoms in total. The molecule has 2 atom stereocenters. The molecule has 0 aliphatic carbocycles. The van der Waals surface area contributed by atoms with Crippen molar-refractivity contribution in [1.29, 1.82) is 0 Å². The molecule has 0 saturated carbocycles. The predicted molar refractivity (Wildman–Crippen MR) is 106 cm³/mol. The van der Waals surface area contributed by atoms with Gasteiger partial charge < -0.3 is 16.0 Å². The van der Waals surface area contributed by atoms with E-state index in [9.17, 15) is 9.59 Å². The topological polar surface area (TPSA) is 85.8 Å². The zero-order chi connectivity index (χ0) is 19.6. The van der Waals surface area contributed by atoms with Crippen molar-refractivity contribution in [3.8, 4) is 0 Å². The Bertz CT molecular complexity index is 494. The van der Waals surface area contributed by atoms with Crippen molar-refractivity contribution >= 4 is 17.9 Å². The first-order chi connectivity index (χ1) is 12.4. The second-order valence-electron chi connectivity index (χ2n) is 7.23. The fourth-order valence-corrected chi connectivity index (χ4v) is 2.94. The van der Waals surface area contributed by atoms with Gasteiger partial charge in [-0.3, -0.25) is 14.7 Å². The Balaban J connectivity index is 2.45. The smallest absolute Gasteiger partial charge is 0.325 e. The van der Waals surface area contributed by atoms with Gasteiger partial charge in [-0.05, 0) is 40.0 Å². The lowest BCUT2D eigenvalue weighted by molar-refractivity contribution is -0.130. The van der Waals surface area contributed by atoms with Crippen LogP contribution in [0.4, 0.5) is 4.79 Å². The molecule has 0 aromatic rings. The van der Waals surface area contributed by atoms with Gasteiger partial charge in [0.1, 0.15) is 5.54 Å². The van der Waals surface area contributed by atoms with Gasteiger partial charge in [0.05, 0.1) is 0 Å². The number of nitrogens with zero attached hydrogens (tertiary/aromatic N) is 2. The number of unbranched alkanes of at least 4 members (excludes halogenated alkanes) is 2. The van der Waals surface area contributed by atoms with E-state index in [2.05, 4.69) is 34.8 Å². The highest BCUT2D eigenvalue weighted by Gasteiger charge is 2.45. The van der Waals surface area contributed by atoms with Gasteiger partial charge in [-0.2, -0.15) is 0 Å². The van der Waals surface area contributed by atoms with Crippen LogP contribution in [-0.4, -0.2) is 54.0 Å². The predicted octanol–water partition coefficient (Wildman–Crippen LogP) is 2.62. The Morgan fingerprint density at radius 1 is 1.23 bits per heavy atom. The number of carbonyl (C=O) groups is 2. The molecule has 1 heterocycles. The summed E-state index contributed by atoms with van der Waals surface area (Å²) >= 11 is 0. The maximum Gasteiger partial charge on any atom is 0.325 e. The summed E-state index contributed by atoms with van der Waals surface area (Å²) in [4.78, 5) is 30.2. The number of amides is 3. The number of nitrogens with one attached hydrogen (secondary N) is 3. The lowest BCUT2D eigenvalue weighted by Crippen LogP contribution is -2.43. The lowest BCUT2D eigenvalue weighted by atomic mass is 9.99. The zero-order valence-electron chi connectivity index (χ0n) is 17.2. The zero-order valence-corrected chi connectivity index (χ0v) is 17.2. The molecule has 1 rings (SSSR count). The molecule has 0 aromatic carbocycles. The van der Waals surface area contributed by atoms with Crippen molar-refractivity contribution in [1.82, 2.24) is 20.9 Å². The van der Waals surface area contributed by atoms with Crippen LogP contribution < -0.4 is 16.0 Å². The van der Waals surface area contributed by atoms with Crippen LogP contribution in [0.15, 0.2) is 4.99 Å². The molecule has 3 amide bonds. The average Bonchev–Trinajstić information content (AvgIpc) is 2.82. The molecule has 0 bridgehead atoms. The van der Waals surface area contributed by atoms with Crippen LogP contribution in [0.5, 0.6) is 0 Å². The largest absolute Gasteiger partial charge is 0.357 e. The van der Waals surface area contributed by atoms with Gasteiger partial charge in [-0.1, -0.05) is 33.1 Å². The molecular weight excluding hydrogens is 330 g/mol. The molecule has 0 aromatic heterocycles. The van der Waals surface area contributed by atoms with Gasteiger partial charge in [0.15, 0.2) is 5.96 Å². The molecule has 150 valence electrons. The van der Waals surface area contributed by atoms with Gasteiger partial charge in [0, 0.05) is 25.7 Å². The summed E-state index contributed by atoms with van der Waals surface area (Å²) in [6.07, 6.45) is 6.06. The maximum atomic E-state index is 12.4. The lowest BCUT2D eigenvalue weighted by Gasteiger charge is -2.19. The Kier molecular flexibility index (Phi) is 9.44. The van der Waals surface area contributed by atoms with Crippen molar-refractivity contribution in [3.63, 3.8) is 0 Å². The Hall–Kier alpha value is -1.79. The van der Waals surface area contributed by atoms with E-state index in [1.54, 1.807) is 6.92 Å². The fourth-order valence-electron chi connectivity index (χ4n) is 2.94. The van der Waals surface area contributed by atoms with Gasteiger partial charge in [-0.15, -0.1) is 0 Å². The van der Waals surface area contributed by atoms with E-state index in [4.69, 9.17) is 0 Å². The van der Waals surface area contributed by atoms with Crippen molar-refractivity contribution < 1.29 is 9.59 Å². The number of rotatable bonds is 11. The third-order valence-electron chi connectivity index (χ3n) is 4.83. The van der Waals surface area contributed by atoms with Gasteiger partial charge >= 0.3 is 6.03 Å². The van der Waals surface area contributed by atoms with Crippen LogP contribution in [0.25, 0.3) is 0 Å². The third kappa shape index (κ3) is 6.50. The first-order valence-corrected chi connectivity index (χ1v) is 10.1. The first-order valence-electron chi connectivity index (χ1n) is 10.1. The number of imide groups is 1. The molecule has 2 unspecified atom stereocenters. The Morgan fingerprint density at radius 3 is 2.54 bits per heavy atom. The standard InChI is InChI=1S/C19H37N5O2/c1-6-9-10-12-15(4)22-17(20-8-3)21-13-11-14-24-16(25)19(5,7-2)23-18(24)26/h15H,6-14H2,1-5H3,(H,23,26)(H2,20,21,22). The molecule has 1 aliphatic rings. The number of hydrogen-bond acceptors (Lipinski definition) is 3. The van der Waals surface area contributed by atoms with E-state index in [1.165, 1.54) is 24.2 Å². The van der Waals surface area contributed by atoms with Crippen LogP contribution in [0.2, 0.25) is 0 Å². The van der Waals surface area contributed by atoms with Crippen LogP contribution in [0, 0.1) is 0 Å². The minimum atomic E-state index is -0.759. The van der Waals surface area contributed by atoms with Crippen molar-refractivity contribution in [2.75, 3.05) is 19.6 Å². The van der Waals surface area contributed by atoms with Gasteiger partial charge in [0.25, 0.3) is 5.91 Å². The third-order valence-corrected chi connectivity index (χ3v) is 4.83. The van der Waals surface area contributed by atoms with Crippen molar-refractivity contribution in [2.45, 2.75) is 84.7 Å². The number of carbonyl (C=O) groups excluding carboxylic acids is 2. The highest BCUT2D eigenvalue weighted by atomic mass is 16.2. The summed E-state index contributed by atoms with van der Waals surface area (Å²) in [7, 11) is 0. The minimum Gasteiger partial charge on any atom is -0.357 e. The van der Waals surface area contributed by atoms with Crippen molar-refractivity contribution in [3.05, 3.63) is 0 Å². The molecule has 1 saturated heterocycles. The van der Waals surface area contributed by atoms with Crippen LogP contribution in [0.1, 0.15) is 73.1 Å². The maximum absolute atomic E-state index is 12.4. The van der Waals surface area contributed by atoms with Crippen molar-refractivity contribution in [2.24, 2.45) is 4.99 Å². The van der Waals surface area contributed by atoms with E-state index in [0.29, 0.717) is 32.0 Å². The molecule has 7 heteroatoms. The average molecular weight is 368 g/mol. The van der Waals surface area contributed by atoms with Gasteiger partial charge in [-0.25, -0.2) is 4.79 Å². The first kappa shape index (κ1) is 22.3. The molecule has 1 fully saturated rings. The summed E-state index contributed by atoms with van der Waals surface area (Å²) in [5.41, 5.74) is -0.759. The Morgan fingerprint density at radius 2 is 1.96 bits per heavy atom. The summed E-state index contributed by atoms with van der Waals surface area (Å²) in [6, 6.07) is 0.0773. The Labute approximate surface area is 158 Å². The van der Waals surface area contributed by atoms with Crippen LogP contribution >= 0.6 is 0 Å². The van der Waals surface area contributed by atoms with E-state index >= 15 is 0 Å². The molecule has 3 N–H and O–H groups in total. The molecule has 26 heavy (non-hydrogen) atoms. The van der Waals surface area contributed by atoms with Gasteiger partial charge in [0.2, 0.25) is 0 Å². The minimum absolute atomic E-state index is 0.136. The molecular formula is C19H37N5O2. The monoisotopic (exact) mass is 367 g/mol. The summed E-state index contributed by atoms with van der Waals surface area (Å²) in [6.45, 7) is 11.9. The highest BCUT2D eigenvalue weighted by Crippen LogP contribution is 2.20. The summed E-state index contributed by atoms with van der Waals surface area (Å²) < 4.78 is 0. The van der Waals surface area contributed by atoms with Crippen LogP contribution in [0.3, 0.4) is 0 Å². The highest BCUT2D eigenvalue weighted by molar-refractivity contribution is 6.06. The summed E-state index contributed by atoms with van der Waals surface area (Å²) in [5, 5.41) is 9.45. The van der Waals surface area contributed by atoms with E-state index in [0.717, 1.165) is 18.9 Å². The normalized spacial score (nSPS) is 21.7. The number of hydrogen-bond donors (Lipinski definition) is 3. The molecule has 0 spiro atoms. The summed E-state index contributed by atoms with van der Waals surface area (Å²) in [5.74, 6) is 0.663. The number of aliphatic imine (C=N–C) groups is 1. The van der Waals surface area contributed by atoms with E-state index in [-0.39, 0.29) is 11.9 Å². The van der Waals surface area contributed by atoms with Crippen LogP contribution in [-0.2, 0) is 4.79 Å². The second-order valence-corrected chi connectivity index (χ2v) is 7.23. The second kappa shape index (κ2) is 11.0. The number of guanidine groups is 1. The molecule has 0 radical (unpaired) electrons. The van der Waals surface area contributed by atoms with E-state index < -0.39 is 5.54 Å². The molecule has 1 aliphatic heterocycles. The SMILES string of the molecule is CCCCCC(C)NC(=NCCCN1C(=O)NC(C)(CC)C1=O)NCC. The van der Waals surface area contributed by atoms with E-state index in [1.807, 2.05) is 13.8 Å². The fraction of sp³-hybridized carbons (Fsp3) is 0.842.